The highest BCUT2D eigenvalue weighted by atomic mass is 35.5. The van der Waals surface area contributed by atoms with Gasteiger partial charge in [-0.05, 0) is 19.3 Å². The van der Waals surface area contributed by atoms with Crippen LogP contribution in [-0.4, -0.2) is 23.6 Å². The van der Waals surface area contributed by atoms with E-state index in [0.29, 0.717) is 0 Å². The van der Waals surface area contributed by atoms with Crippen molar-refractivity contribution in [3.05, 3.63) is 0 Å². The van der Waals surface area contributed by atoms with Crippen LogP contribution in [0.25, 0.3) is 0 Å². The predicted molar refractivity (Wildman–Crippen MR) is 51.6 cm³/mol. The Morgan fingerprint density at radius 2 is 1.09 bits per heavy atom. The Labute approximate surface area is 76.0 Å². The van der Waals surface area contributed by atoms with Gasteiger partial charge in [0.1, 0.15) is 0 Å². The van der Waals surface area contributed by atoms with Crippen LogP contribution in [0.4, 0.5) is 0 Å². The quantitative estimate of drug-likeness (QED) is 0.549. The van der Waals surface area contributed by atoms with Crippen LogP contribution in [0, 0.1) is 0 Å². The Kier molecular flexibility index (Phi) is 5.98. The molecule has 0 aliphatic heterocycles. The Morgan fingerprint density at radius 1 is 0.818 bits per heavy atom. The number of hydrogen-bond donors (Lipinski definition) is 0. The summed E-state index contributed by atoms with van der Waals surface area (Å²) in [5.41, 5.74) is 0. The van der Waals surface area contributed by atoms with E-state index >= 15 is 0 Å². The molecule has 0 aromatic rings. The third-order valence-electron chi connectivity index (χ3n) is 1.87. The van der Waals surface area contributed by atoms with Gasteiger partial charge < -0.3 is 0 Å². The molecule has 0 heterocycles. The first kappa shape index (κ1) is 11.2. The maximum atomic E-state index is 6.38. The number of halogens is 1. The first-order valence-electron chi connectivity index (χ1n) is 4.74. The average molecular weight is 179 g/mol. The second kappa shape index (κ2) is 5.84. The molecule has 0 amide bonds. The van der Waals surface area contributed by atoms with Crippen LogP contribution in [0.15, 0.2) is 0 Å². The summed E-state index contributed by atoms with van der Waals surface area (Å²) in [4.78, 5) is 0. The summed E-state index contributed by atoms with van der Waals surface area (Å²) in [5, 5.41) is 0. The molecule has 2 heteroatoms. The minimum atomic E-state index is 0.753. The van der Waals surface area contributed by atoms with Crippen molar-refractivity contribution in [3.63, 3.8) is 0 Å². The highest BCUT2D eigenvalue weighted by Gasteiger charge is 2.21. The van der Waals surface area contributed by atoms with E-state index in [0.717, 1.165) is 23.6 Å². The van der Waals surface area contributed by atoms with Crippen LogP contribution in [0.1, 0.15) is 40.0 Å². The van der Waals surface area contributed by atoms with Crippen molar-refractivity contribution in [1.82, 2.24) is 0 Å². The van der Waals surface area contributed by atoms with Gasteiger partial charge in [-0.2, -0.15) is 0 Å². The fraction of sp³-hybridized carbons (Fsp3) is 1.00. The highest BCUT2D eigenvalue weighted by molar-refractivity contribution is 6.06. The third-order valence-corrected chi connectivity index (χ3v) is 2.38. The second-order valence-electron chi connectivity index (χ2n) is 3.20. The van der Waals surface area contributed by atoms with Crippen LogP contribution in [0.3, 0.4) is 0 Å². The molecule has 0 spiro atoms. The van der Waals surface area contributed by atoms with E-state index < -0.39 is 0 Å². The van der Waals surface area contributed by atoms with Gasteiger partial charge in [-0.1, -0.05) is 20.8 Å². The largest absolute Gasteiger partial charge is 0.222 e. The van der Waals surface area contributed by atoms with E-state index in [9.17, 15) is 0 Å². The van der Waals surface area contributed by atoms with Gasteiger partial charge in [0.25, 0.3) is 0 Å². The highest BCUT2D eigenvalue weighted by Crippen LogP contribution is 2.15. The Balaban J connectivity index is 3.79. The maximum Gasteiger partial charge on any atom is 0.165 e. The molecule has 0 radical (unpaired) electrons. The molecule has 0 saturated heterocycles. The van der Waals surface area contributed by atoms with Gasteiger partial charge in [-0.3, -0.25) is 0 Å². The molecule has 1 nitrogen and oxygen atoms in total. The summed E-state index contributed by atoms with van der Waals surface area (Å²) in [6.45, 7) is 9.93. The van der Waals surface area contributed by atoms with Gasteiger partial charge in [-0.15, -0.1) is 0 Å². The fourth-order valence-electron chi connectivity index (χ4n) is 1.54. The smallest absolute Gasteiger partial charge is 0.165 e. The van der Waals surface area contributed by atoms with Crippen LogP contribution >= 0.6 is 11.8 Å². The Hall–Kier alpha value is 0.250. The van der Waals surface area contributed by atoms with E-state index in [1.165, 1.54) is 19.3 Å². The fourth-order valence-corrected chi connectivity index (χ4v) is 2.04. The van der Waals surface area contributed by atoms with Gasteiger partial charge in [0.05, 0.1) is 19.6 Å². The van der Waals surface area contributed by atoms with Crippen molar-refractivity contribution in [3.8, 4) is 0 Å². The molecule has 0 aliphatic carbocycles. The lowest BCUT2D eigenvalue weighted by Crippen LogP contribution is -2.40. The van der Waals surface area contributed by atoms with Crippen molar-refractivity contribution < 1.29 is 4.00 Å². The van der Waals surface area contributed by atoms with Gasteiger partial charge in [0.15, 0.2) is 11.8 Å². The molecule has 0 fully saturated rings. The molecule has 11 heavy (non-hydrogen) atoms. The van der Waals surface area contributed by atoms with Crippen LogP contribution in [0.5, 0.6) is 0 Å². The van der Waals surface area contributed by atoms with Crippen molar-refractivity contribution in [1.29, 1.82) is 0 Å². The summed E-state index contributed by atoms with van der Waals surface area (Å²) in [5.74, 6) is 0. The zero-order valence-corrected chi connectivity index (χ0v) is 8.82. The molecule has 0 aromatic carbocycles. The monoisotopic (exact) mass is 178 g/mol. The maximum absolute atomic E-state index is 6.38. The third kappa shape index (κ3) is 4.65. The molecular weight excluding hydrogens is 158 g/mol. The van der Waals surface area contributed by atoms with Gasteiger partial charge in [0.2, 0.25) is 0 Å². The molecule has 0 bridgehead atoms. The standard InChI is InChI=1S/C9H21ClN/c1-4-7-11(10,8-5-2)9-6-3/h4-9H2,1-3H3/q+1. The van der Waals surface area contributed by atoms with Gasteiger partial charge >= 0.3 is 0 Å². The molecule has 0 saturated carbocycles. The van der Waals surface area contributed by atoms with Crippen LogP contribution in [0.2, 0.25) is 0 Å². The predicted octanol–water partition coefficient (Wildman–Crippen LogP) is 3.19. The van der Waals surface area contributed by atoms with E-state index in [4.69, 9.17) is 11.8 Å². The average Bonchev–Trinajstić information content (AvgIpc) is 1.88. The lowest BCUT2D eigenvalue weighted by atomic mass is 10.3. The number of hydrogen-bond acceptors (Lipinski definition) is 0. The topological polar surface area (TPSA) is 0 Å². The molecule has 0 aliphatic rings. The van der Waals surface area contributed by atoms with Crippen LogP contribution < -0.4 is 0 Å². The van der Waals surface area contributed by atoms with Crippen LogP contribution in [-0.2, 0) is 0 Å². The minimum absolute atomic E-state index is 0.753. The molecular formula is C9H21ClN+. The summed E-state index contributed by atoms with van der Waals surface area (Å²) < 4.78 is 0.753. The normalized spacial score (nSPS) is 12.0. The van der Waals surface area contributed by atoms with Crippen molar-refractivity contribution in [2.75, 3.05) is 19.6 Å². The Morgan fingerprint density at radius 3 is 1.27 bits per heavy atom. The van der Waals surface area contributed by atoms with E-state index in [2.05, 4.69) is 20.8 Å². The van der Waals surface area contributed by atoms with Crippen molar-refractivity contribution in [2.45, 2.75) is 40.0 Å². The summed E-state index contributed by atoms with van der Waals surface area (Å²) in [7, 11) is 0. The number of rotatable bonds is 6. The molecule has 0 rings (SSSR count). The minimum Gasteiger partial charge on any atom is -0.222 e. The lowest BCUT2D eigenvalue weighted by molar-refractivity contribution is -0.815. The van der Waals surface area contributed by atoms with E-state index in [1.807, 2.05) is 0 Å². The van der Waals surface area contributed by atoms with Gasteiger partial charge in [-0.25, -0.2) is 4.00 Å². The van der Waals surface area contributed by atoms with Gasteiger partial charge in [0, 0.05) is 0 Å². The number of quaternary nitrogens is 1. The molecule has 0 unspecified atom stereocenters. The molecule has 0 N–H and O–H groups in total. The Bertz CT molecular complexity index is 76.5. The van der Waals surface area contributed by atoms with Crippen molar-refractivity contribution >= 4 is 11.8 Å². The first-order valence-corrected chi connectivity index (χ1v) is 5.08. The summed E-state index contributed by atoms with van der Waals surface area (Å²) in [6.07, 6.45) is 3.55. The SMILES string of the molecule is CCC[N+](Cl)(CCC)CCC. The molecule has 0 aromatic heterocycles. The van der Waals surface area contributed by atoms with Crippen molar-refractivity contribution in [2.24, 2.45) is 0 Å². The molecule has 0 atom stereocenters. The summed E-state index contributed by atoms with van der Waals surface area (Å²) in [6, 6.07) is 0. The zero-order valence-electron chi connectivity index (χ0n) is 8.07. The summed E-state index contributed by atoms with van der Waals surface area (Å²) >= 11 is 6.38. The second-order valence-corrected chi connectivity index (χ2v) is 3.92. The molecule has 68 valence electrons. The number of nitrogens with zero attached hydrogens (tertiary/aromatic N) is 1. The zero-order chi connectivity index (χ0) is 8.74. The lowest BCUT2D eigenvalue weighted by Gasteiger charge is -2.28. The first-order chi connectivity index (χ1) is 5.18. The van der Waals surface area contributed by atoms with E-state index in [-0.39, 0.29) is 0 Å². The van der Waals surface area contributed by atoms with E-state index in [1.54, 1.807) is 0 Å².